The molecule has 112 valence electrons. The number of nitrogens with one attached hydrogen (secondary N) is 1. The van der Waals surface area contributed by atoms with Gasteiger partial charge in [-0.3, -0.25) is 0 Å². The fourth-order valence-electron chi connectivity index (χ4n) is 3.53. The van der Waals surface area contributed by atoms with Gasteiger partial charge in [0.05, 0.1) is 0 Å². The van der Waals surface area contributed by atoms with E-state index in [1.54, 1.807) is 0 Å². The van der Waals surface area contributed by atoms with Crippen LogP contribution in [0.2, 0.25) is 0 Å². The van der Waals surface area contributed by atoms with Crippen LogP contribution in [0.15, 0.2) is 30.3 Å². The van der Waals surface area contributed by atoms with Gasteiger partial charge in [-0.05, 0) is 37.7 Å². The molecule has 1 fully saturated rings. The van der Waals surface area contributed by atoms with Crippen LogP contribution >= 0.6 is 0 Å². The average Bonchev–Trinajstić information content (AvgIpc) is 2.52. The number of rotatable bonds is 7. The second kappa shape index (κ2) is 8.46. The summed E-state index contributed by atoms with van der Waals surface area (Å²) in [6, 6.07) is 12.3. The molecule has 0 saturated heterocycles. The van der Waals surface area contributed by atoms with E-state index in [-0.39, 0.29) is 0 Å². The summed E-state index contributed by atoms with van der Waals surface area (Å²) in [5, 5.41) is 3.94. The molecule has 1 aromatic rings. The van der Waals surface area contributed by atoms with Crippen LogP contribution in [0, 0.1) is 5.92 Å². The van der Waals surface area contributed by atoms with E-state index in [4.69, 9.17) is 0 Å². The monoisotopic (exact) mass is 273 g/mol. The SMILES string of the molecule is CCCCC(C)NC(c1ccccc1)C1CCCCC1. The molecule has 0 bridgehead atoms. The van der Waals surface area contributed by atoms with Crippen molar-refractivity contribution in [1.82, 2.24) is 5.32 Å². The van der Waals surface area contributed by atoms with E-state index < -0.39 is 0 Å². The van der Waals surface area contributed by atoms with Crippen molar-refractivity contribution in [3.63, 3.8) is 0 Å². The normalized spacial score (nSPS) is 19.7. The molecule has 0 aliphatic heterocycles. The molecule has 1 heteroatoms. The van der Waals surface area contributed by atoms with E-state index >= 15 is 0 Å². The topological polar surface area (TPSA) is 12.0 Å². The maximum Gasteiger partial charge on any atom is 0.0350 e. The minimum atomic E-state index is 0.559. The van der Waals surface area contributed by atoms with Crippen LogP contribution in [0.4, 0.5) is 0 Å². The first-order chi connectivity index (χ1) is 9.81. The molecule has 2 rings (SSSR count). The third-order valence-electron chi connectivity index (χ3n) is 4.73. The molecule has 1 saturated carbocycles. The lowest BCUT2D eigenvalue weighted by molar-refractivity contribution is 0.252. The maximum atomic E-state index is 3.94. The molecule has 0 spiro atoms. The van der Waals surface area contributed by atoms with Gasteiger partial charge >= 0.3 is 0 Å². The Hall–Kier alpha value is -0.820. The Labute approximate surface area is 125 Å². The maximum absolute atomic E-state index is 3.94. The highest BCUT2D eigenvalue weighted by molar-refractivity contribution is 5.20. The standard InChI is InChI=1S/C19H31N/c1-3-4-11-16(2)20-19(17-12-7-5-8-13-17)18-14-9-6-10-15-18/h5,7-8,12-13,16,18-20H,3-4,6,9-11,14-15H2,1-2H3. The summed E-state index contributed by atoms with van der Waals surface area (Å²) in [6.45, 7) is 4.64. The molecule has 2 unspecified atom stereocenters. The van der Waals surface area contributed by atoms with Gasteiger partial charge in [-0.2, -0.15) is 0 Å². The number of unbranched alkanes of at least 4 members (excludes halogenated alkanes) is 1. The highest BCUT2D eigenvalue weighted by atomic mass is 15.0. The lowest BCUT2D eigenvalue weighted by Gasteiger charge is -2.33. The van der Waals surface area contributed by atoms with Gasteiger partial charge in [0, 0.05) is 12.1 Å². The Morgan fingerprint density at radius 2 is 1.80 bits per heavy atom. The molecule has 1 nitrogen and oxygen atoms in total. The van der Waals surface area contributed by atoms with Crippen LogP contribution in [0.3, 0.4) is 0 Å². The smallest absolute Gasteiger partial charge is 0.0350 e. The first-order valence-electron chi connectivity index (χ1n) is 8.62. The Balaban J connectivity index is 2.03. The Morgan fingerprint density at radius 3 is 2.45 bits per heavy atom. The zero-order valence-electron chi connectivity index (χ0n) is 13.3. The summed E-state index contributed by atoms with van der Waals surface area (Å²) >= 11 is 0. The van der Waals surface area contributed by atoms with Gasteiger partial charge in [-0.15, -0.1) is 0 Å². The molecule has 1 N–H and O–H groups in total. The molecular formula is C19H31N. The predicted octanol–water partition coefficient (Wildman–Crippen LogP) is 5.48. The fraction of sp³-hybridized carbons (Fsp3) is 0.684. The fourth-order valence-corrected chi connectivity index (χ4v) is 3.53. The largest absolute Gasteiger partial charge is 0.307 e. The quantitative estimate of drug-likeness (QED) is 0.694. The van der Waals surface area contributed by atoms with Gasteiger partial charge in [-0.1, -0.05) is 69.4 Å². The van der Waals surface area contributed by atoms with Crippen molar-refractivity contribution < 1.29 is 0 Å². The second-order valence-corrected chi connectivity index (χ2v) is 6.50. The third kappa shape index (κ3) is 4.63. The summed E-state index contributed by atoms with van der Waals surface area (Å²) in [6.07, 6.45) is 11.0. The molecule has 1 aliphatic carbocycles. The molecule has 0 heterocycles. The van der Waals surface area contributed by atoms with Gasteiger partial charge < -0.3 is 5.32 Å². The summed E-state index contributed by atoms with van der Waals surface area (Å²) in [5.41, 5.74) is 1.49. The lowest BCUT2D eigenvalue weighted by atomic mass is 9.80. The number of hydrogen-bond acceptors (Lipinski definition) is 1. The minimum absolute atomic E-state index is 0.559. The van der Waals surface area contributed by atoms with E-state index in [9.17, 15) is 0 Å². The van der Waals surface area contributed by atoms with Crippen molar-refractivity contribution in [2.75, 3.05) is 0 Å². The number of benzene rings is 1. The summed E-state index contributed by atoms with van der Waals surface area (Å²) in [7, 11) is 0. The van der Waals surface area contributed by atoms with Crippen LogP contribution < -0.4 is 5.32 Å². The van der Waals surface area contributed by atoms with E-state index in [2.05, 4.69) is 49.5 Å². The Kier molecular flexibility index (Phi) is 6.59. The molecule has 0 aromatic heterocycles. The molecule has 0 radical (unpaired) electrons. The molecule has 20 heavy (non-hydrogen) atoms. The van der Waals surface area contributed by atoms with Crippen molar-refractivity contribution in [3.05, 3.63) is 35.9 Å². The summed E-state index contributed by atoms with van der Waals surface area (Å²) < 4.78 is 0. The van der Waals surface area contributed by atoms with Crippen molar-refractivity contribution >= 4 is 0 Å². The van der Waals surface area contributed by atoms with Crippen LogP contribution in [0.5, 0.6) is 0 Å². The van der Waals surface area contributed by atoms with Crippen LogP contribution in [0.25, 0.3) is 0 Å². The average molecular weight is 273 g/mol. The first kappa shape index (κ1) is 15.6. The van der Waals surface area contributed by atoms with Crippen molar-refractivity contribution in [2.24, 2.45) is 5.92 Å². The highest BCUT2D eigenvalue weighted by Crippen LogP contribution is 2.34. The van der Waals surface area contributed by atoms with Gasteiger partial charge in [0.2, 0.25) is 0 Å². The molecule has 1 aliphatic rings. The second-order valence-electron chi connectivity index (χ2n) is 6.50. The molecule has 1 aromatic carbocycles. The van der Waals surface area contributed by atoms with Gasteiger partial charge in [0.25, 0.3) is 0 Å². The lowest BCUT2D eigenvalue weighted by Crippen LogP contribution is -2.35. The van der Waals surface area contributed by atoms with Gasteiger partial charge in [-0.25, -0.2) is 0 Å². The van der Waals surface area contributed by atoms with E-state index in [1.165, 1.54) is 56.9 Å². The van der Waals surface area contributed by atoms with E-state index in [0.717, 1.165) is 5.92 Å². The van der Waals surface area contributed by atoms with Crippen molar-refractivity contribution in [3.8, 4) is 0 Å². The van der Waals surface area contributed by atoms with Crippen molar-refractivity contribution in [1.29, 1.82) is 0 Å². The van der Waals surface area contributed by atoms with Crippen LogP contribution in [0.1, 0.15) is 76.8 Å². The predicted molar refractivity (Wildman–Crippen MR) is 87.9 cm³/mol. The van der Waals surface area contributed by atoms with Crippen molar-refractivity contribution in [2.45, 2.75) is 77.3 Å². The van der Waals surface area contributed by atoms with E-state index in [0.29, 0.717) is 12.1 Å². The van der Waals surface area contributed by atoms with Gasteiger partial charge in [0.15, 0.2) is 0 Å². The summed E-state index contributed by atoms with van der Waals surface area (Å²) in [4.78, 5) is 0. The molecule has 0 amide bonds. The minimum Gasteiger partial charge on any atom is -0.307 e. The van der Waals surface area contributed by atoms with Crippen LogP contribution in [-0.2, 0) is 0 Å². The number of hydrogen-bond donors (Lipinski definition) is 1. The van der Waals surface area contributed by atoms with E-state index in [1.807, 2.05) is 0 Å². The van der Waals surface area contributed by atoms with Crippen LogP contribution in [-0.4, -0.2) is 6.04 Å². The molecule has 2 atom stereocenters. The Bertz CT molecular complexity index is 353. The Morgan fingerprint density at radius 1 is 1.10 bits per heavy atom. The molecular weight excluding hydrogens is 242 g/mol. The zero-order valence-corrected chi connectivity index (χ0v) is 13.3. The third-order valence-corrected chi connectivity index (χ3v) is 4.73. The highest BCUT2D eigenvalue weighted by Gasteiger charge is 2.25. The van der Waals surface area contributed by atoms with Gasteiger partial charge in [0.1, 0.15) is 0 Å². The zero-order chi connectivity index (χ0) is 14.2. The summed E-state index contributed by atoms with van der Waals surface area (Å²) in [5.74, 6) is 0.829. The first-order valence-corrected chi connectivity index (χ1v) is 8.62.